The molecule has 4 rings (SSSR count). The van der Waals surface area contributed by atoms with Gasteiger partial charge in [-0.05, 0) is 48.0 Å². The van der Waals surface area contributed by atoms with Crippen LogP contribution in [0, 0.1) is 10.1 Å². The van der Waals surface area contributed by atoms with Crippen molar-refractivity contribution in [3.8, 4) is 22.9 Å². The van der Waals surface area contributed by atoms with Crippen LogP contribution in [0.1, 0.15) is 15.9 Å². The smallest absolute Gasteiger partial charge is 0.269 e. The summed E-state index contributed by atoms with van der Waals surface area (Å²) >= 11 is 6.15. The van der Waals surface area contributed by atoms with Crippen LogP contribution in [-0.2, 0) is 6.54 Å². The quantitative estimate of drug-likeness (QED) is 0.295. The van der Waals surface area contributed by atoms with Crippen LogP contribution < -0.4 is 0 Å². The van der Waals surface area contributed by atoms with Crippen molar-refractivity contribution in [3.63, 3.8) is 0 Å². The fourth-order valence-electron chi connectivity index (χ4n) is 3.14. The van der Waals surface area contributed by atoms with Gasteiger partial charge in [0.2, 0.25) is 11.8 Å². The number of carbonyl (C=O) groups is 1. The van der Waals surface area contributed by atoms with Crippen molar-refractivity contribution >= 4 is 23.2 Å². The zero-order valence-electron chi connectivity index (χ0n) is 16.9. The van der Waals surface area contributed by atoms with Crippen LogP contribution in [0.4, 0.5) is 5.69 Å². The number of hydrogen-bond acceptors (Lipinski definition) is 6. The van der Waals surface area contributed by atoms with E-state index in [0.29, 0.717) is 33.5 Å². The molecular weight excluding hydrogens is 432 g/mol. The molecule has 0 radical (unpaired) electrons. The van der Waals surface area contributed by atoms with Gasteiger partial charge in [0.1, 0.15) is 0 Å². The molecule has 0 fully saturated rings. The van der Waals surface area contributed by atoms with E-state index in [9.17, 15) is 14.9 Å². The first-order valence-electron chi connectivity index (χ1n) is 9.60. The second kappa shape index (κ2) is 8.99. The number of nitro benzene ring substituents is 1. The van der Waals surface area contributed by atoms with Gasteiger partial charge in [-0.3, -0.25) is 14.9 Å². The number of non-ortho nitro benzene ring substituents is 1. The lowest BCUT2D eigenvalue weighted by atomic mass is 10.1. The molecule has 0 bridgehead atoms. The number of benzene rings is 3. The van der Waals surface area contributed by atoms with Crippen LogP contribution in [0.3, 0.4) is 0 Å². The van der Waals surface area contributed by atoms with E-state index in [1.807, 2.05) is 30.3 Å². The van der Waals surface area contributed by atoms with Gasteiger partial charge < -0.3 is 9.32 Å². The molecular formula is C23H17ClN4O4. The van der Waals surface area contributed by atoms with Gasteiger partial charge >= 0.3 is 0 Å². The van der Waals surface area contributed by atoms with Crippen molar-refractivity contribution in [2.45, 2.75) is 6.54 Å². The standard InChI is InChI=1S/C23H17ClN4O4/c1-27(14-18-13-19(28(30)31)11-12-20(18)24)23(29)17-9-7-16(8-10-17)22-26-25-21(32-22)15-5-3-2-4-6-15/h2-13H,14H2,1H3. The Morgan fingerprint density at radius 2 is 1.62 bits per heavy atom. The molecule has 9 heteroatoms. The molecule has 8 nitrogen and oxygen atoms in total. The molecule has 4 aromatic rings. The van der Waals surface area contributed by atoms with Crippen LogP contribution in [0.2, 0.25) is 5.02 Å². The van der Waals surface area contributed by atoms with Crippen molar-refractivity contribution in [1.82, 2.24) is 15.1 Å². The third-order valence-electron chi connectivity index (χ3n) is 4.82. The van der Waals surface area contributed by atoms with Crippen LogP contribution in [0.15, 0.2) is 77.2 Å². The van der Waals surface area contributed by atoms with E-state index in [0.717, 1.165) is 5.56 Å². The van der Waals surface area contributed by atoms with Crippen molar-refractivity contribution in [2.24, 2.45) is 0 Å². The Balaban J connectivity index is 1.48. The number of nitrogens with zero attached hydrogens (tertiary/aromatic N) is 4. The Morgan fingerprint density at radius 3 is 2.25 bits per heavy atom. The summed E-state index contributed by atoms with van der Waals surface area (Å²) in [6, 6.07) is 20.4. The average Bonchev–Trinajstić information content (AvgIpc) is 3.31. The number of aromatic nitrogens is 2. The summed E-state index contributed by atoms with van der Waals surface area (Å²) in [6.07, 6.45) is 0. The van der Waals surface area contributed by atoms with E-state index in [1.54, 1.807) is 31.3 Å². The van der Waals surface area contributed by atoms with E-state index < -0.39 is 4.92 Å². The van der Waals surface area contributed by atoms with E-state index in [1.165, 1.54) is 23.1 Å². The Bertz CT molecular complexity index is 1270. The monoisotopic (exact) mass is 448 g/mol. The third kappa shape index (κ3) is 4.50. The maximum atomic E-state index is 12.8. The Labute approximate surface area is 188 Å². The second-order valence-corrected chi connectivity index (χ2v) is 7.46. The molecule has 1 heterocycles. The van der Waals surface area contributed by atoms with E-state index in [-0.39, 0.29) is 18.1 Å². The van der Waals surface area contributed by atoms with Gasteiger partial charge in [0.05, 0.1) is 4.92 Å². The fourth-order valence-corrected chi connectivity index (χ4v) is 3.31. The summed E-state index contributed by atoms with van der Waals surface area (Å²) in [5.41, 5.74) is 2.36. The van der Waals surface area contributed by atoms with E-state index >= 15 is 0 Å². The molecule has 160 valence electrons. The highest BCUT2D eigenvalue weighted by Gasteiger charge is 2.17. The number of nitro groups is 1. The van der Waals surface area contributed by atoms with Crippen molar-refractivity contribution in [3.05, 3.63) is 99.1 Å². The van der Waals surface area contributed by atoms with Crippen LogP contribution in [0.5, 0.6) is 0 Å². The van der Waals surface area contributed by atoms with Gasteiger partial charge in [-0.1, -0.05) is 29.8 Å². The lowest BCUT2D eigenvalue weighted by Crippen LogP contribution is -2.26. The van der Waals surface area contributed by atoms with E-state index in [4.69, 9.17) is 16.0 Å². The summed E-state index contributed by atoms with van der Waals surface area (Å²) in [6.45, 7) is 0.130. The highest BCUT2D eigenvalue weighted by Crippen LogP contribution is 2.25. The second-order valence-electron chi connectivity index (χ2n) is 7.05. The van der Waals surface area contributed by atoms with Gasteiger partial charge in [0, 0.05) is 47.4 Å². The number of halogens is 1. The van der Waals surface area contributed by atoms with Crippen molar-refractivity contribution in [2.75, 3.05) is 7.05 Å². The first-order valence-corrected chi connectivity index (χ1v) is 9.98. The first-order chi connectivity index (χ1) is 15.4. The third-order valence-corrected chi connectivity index (χ3v) is 5.19. The summed E-state index contributed by atoms with van der Waals surface area (Å²) < 4.78 is 5.74. The SMILES string of the molecule is CN(Cc1cc([N+](=O)[O-])ccc1Cl)C(=O)c1ccc(-c2nnc(-c3ccccc3)o2)cc1. The molecule has 0 saturated carbocycles. The molecule has 1 aromatic heterocycles. The number of hydrogen-bond donors (Lipinski definition) is 0. The predicted octanol–water partition coefficient (Wildman–Crippen LogP) is 5.24. The average molecular weight is 449 g/mol. The minimum Gasteiger partial charge on any atom is -0.416 e. The first kappa shape index (κ1) is 21.2. The Hall–Kier alpha value is -4.04. The fraction of sp³-hybridized carbons (Fsp3) is 0.0870. The highest BCUT2D eigenvalue weighted by atomic mass is 35.5. The molecule has 0 N–H and O–H groups in total. The normalized spacial score (nSPS) is 10.7. The van der Waals surface area contributed by atoms with Gasteiger partial charge in [-0.25, -0.2) is 0 Å². The molecule has 32 heavy (non-hydrogen) atoms. The topological polar surface area (TPSA) is 102 Å². The molecule has 3 aromatic carbocycles. The lowest BCUT2D eigenvalue weighted by Gasteiger charge is -2.18. The molecule has 0 aliphatic heterocycles. The number of carbonyl (C=O) groups excluding carboxylic acids is 1. The summed E-state index contributed by atoms with van der Waals surface area (Å²) in [5, 5.41) is 19.5. The van der Waals surface area contributed by atoms with Gasteiger partial charge in [0.25, 0.3) is 11.6 Å². The van der Waals surface area contributed by atoms with Crippen LogP contribution >= 0.6 is 11.6 Å². The lowest BCUT2D eigenvalue weighted by molar-refractivity contribution is -0.384. The maximum Gasteiger partial charge on any atom is 0.269 e. The molecule has 0 spiro atoms. The molecule has 0 saturated heterocycles. The molecule has 0 aliphatic carbocycles. The summed E-state index contributed by atoms with van der Waals surface area (Å²) in [7, 11) is 1.61. The largest absolute Gasteiger partial charge is 0.416 e. The Morgan fingerprint density at radius 1 is 1.00 bits per heavy atom. The molecule has 0 atom stereocenters. The molecule has 0 aliphatic rings. The van der Waals surface area contributed by atoms with Crippen LogP contribution in [-0.4, -0.2) is 33.0 Å². The maximum absolute atomic E-state index is 12.8. The summed E-state index contributed by atoms with van der Waals surface area (Å²) in [4.78, 5) is 24.8. The van der Waals surface area contributed by atoms with Crippen molar-refractivity contribution in [1.29, 1.82) is 0 Å². The summed E-state index contributed by atoms with van der Waals surface area (Å²) in [5.74, 6) is 0.503. The predicted molar refractivity (Wildman–Crippen MR) is 119 cm³/mol. The Kier molecular flexibility index (Phi) is 5.96. The minimum atomic E-state index is -0.499. The molecule has 1 amide bonds. The van der Waals surface area contributed by atoms with Crippen LogP contribution in [0.25, 0.3) is 22.9 Å². The zero-order valence-corrected chi connectivity index (χ0v) is 17.7. The van der Waals surface area contributed by atoms with Gasteiger partial charge in [-0.15, -0.1) is 10.2 Å². The van der Waals surface area contributed by atoms with Gasteiger partial charge in [0.15, 0.2) is 0 Å². The number of rotatable bonds is 6. The highest BCUT2D eigenvalue weighted by molar-refractivity contribution is 6.31. The van der Waals surface area contributed by atoms with Gasteiger partial charge in [-0.2, -0.15) is 0 Å². The minimum absolute atomic E-state index is 0.0796. The molecule has 0 unspecified atom stereocenters. The van der Waals surface area contributed by atoms with Crippen molar-refractivity contribution < 1.29 is 14.1 Å². The van der Waals surface area contributed by atoms with E-state index in [2.05, 4.69) is 10.2 Å². The number of amides is 1. The zero-order chi connectivity index (χ0) is 22.7.